The van der Waals surface area contributed by atoms with Crippen LogP contribution in [0.1, 0.15) is 37.2 Å². The van der Waals surface area contributed by atoms with E-state index in [1.54, 1.807) is 13.8 Å². The molecule has 4 nitrogen and oxygen atoms in total. The highest BCUT2D eigenvalue weighted by Gasteiger charge is 2.40. The van der Waals surface area contributed by atoms with Gasteiger partial charge in [-0.15, -0.1) is 0 Å². The molecule has 0 saturated heterocycles. The Balaban J connectivity index is 3.25. The van der Waals surface area contributed by atoms with E-state index in [1.165, 1.54) is 0 Å². The number of aromatic nitrogens is 1. The van der Waals surface area contributed by atoms with Gasteiger partial charge in [0.15, 0.2) is 5.60 Å². The molecule has 1 N–H and O–H groups in total. The van der Waals surface area contributed by atoms with Gasteiger partial charge >= 0.3 is 5.97 Å². The van der Waals surface area contributed by atoms with Crippen molar-refractivity contribution in [2.24, 2.45) is 7.05 Å². The molecule has 0 radical (unpaired) electrons. The van der Waals surface area contributed by atoms with E-state index in [2.05, 4.69) is 0 Å². The molecule has 0 aliphatic carbocycles. The number of nitrogens with zero attached hydrogens (tertiary/aromatic N) is 1. The predicted octanol–water partition coefficient (Wildman–Crippen LogP) is 1.80. The number of ether oxygens (including phenoxy) is 1. The Bertz CT molecular complexity index is 423. The first kappa shape index (κ1) is 13.8. The number of aryl methyl sites for hydroxylation is 1. The molecule has 0 fully saturated rings. The molecule has 0 aromatic carbocycles. The van der Waals surface area contributed by atoms with Crippen molar-refractivity contribution in [3.63, 3.8) is 0 Å². The van der Waals surface area contributed by atoms with E-state index in [4.69, 9.17) is 4.74 Å². The normalized spacial score (nSPS) is 14.5. The lowest BCUT2D eigenvalue weighted by Crippen LogP contribution is -2.37. The molecule has 1 aromatic rings. The maximum absolute atomic E-state index is 11.9. The predicted molar refractivity (Wildman–Crippen MR) is 65.7 cm³/mol. The molecule has 1 heterocycles. The molecular formula is C13H21NO3. The maximum Gasteiger partial charge on any atom is 0.342 e. The molecule has 1 unspecified atom stereocenters. The number of esters is 1. The third-order valence-corrected chi connectivity index (χ3v) is 3.35. The summed E-state index contributed by atoms with van der Waals surface area (Å²) >= 11 is 0. The highest BCUT2D eigenvalue weighted by Crippen LogP contribution is 2.31. The summed E-state index contributed by atoms with van der Waals surface area (Å²) < 4.78 is 6.91. The van der Waals surface area contributed by atoms with Gasteiger partial charge in [0.05, 0.1) is 6.61 Å². The van der Waals surface area contributed by atoms with Gasteiger partial charge in [-0.3, -0.25) is 0 Å². The van der Waals surface area contributed by atoms with E-state index in [0.29, 0.717) is 12.0 Å². The van der Waals surface area contributed by atoms with Crippen molar-refractivity contribution >= 4 is 5.97 Å². The Kier molecular flexibility index (Phi) is 3.98. The van der Waals surface area contributed by atoms with Gasteiger partial charge in [-0.05, 0) is 33.3 Å². The minimum Gasteiger partial charge on any atom is -0.464 e. The topological polar surface area (TPSA) is 51.5 Å². The van der Waals surface area contributed by atoms with Crippen LogP contribution in [0.4, 0.5) is 0 Å². The SMILES string of the molecule is CCOC(=O)C(O)(CC)c1cc(C)n(C)c1C. The second-order valence-electron chi connectivity index (χ2n) is 4.28. The van der Waals surface area contributed by atoms with Gasteiger partial charge in [0.1, 0.15) is 0 Å². The lowest BCUT2D eigenvalue weighted by atomic mass is 9.91. The zero-order chi connectivity index (χ0) is 13.2. The molecule has 17 heavy (non-hydrogen) atoms. The number of aliphatic hydroxyl groups is 1. The number of hydrogen-bond acceptors (Lipinski definition) is 3. The molecule has 4 heteroatoms. The molecule has 96 valence electrons. The first-order valence-corrected chi connectivity index (χ1v) is 5.91. The van der Waals surface area contributed by atoms with Crippen molar-refractivity contribution in [2.45, 2.75) is 39.7 Å². The molecule has 1 atom stereocenters. The average molecular weight is 239 g/mol. The van der Waals surface area contributed by atoms with Crippen LogP contribution in [-0.4, -0.2) is 22.2 Å². The van der Waals surface area contributed by atoms with Crippen molar-refractivity contribution in [2.75, 3.05) is 6.61 Å². The molecule has 0 bridgehead atoms. The highest BCUT2D eigenvalue weighted by molar-refractivity contribution is 5.81. The van der Waals surface area contributed by atoms with E-state index in [0.717, 1.165) is 11.4 Å². The maximum atomic E-state index is 11.9. The molecule has 0 aliphatic heterocycles. The summed E-state index contributed by atoms with van der Waals surface area (Å²) in [5.41, 5.74) is 0.999. The fraction of sp³-hybridized carbons (Fsp3) is 0.615. The summed E-state index contributed by atoms with van der Waals surface area (Å²) in [7, 11) is 1.91. The van der Waals surface area contributed by atoms with Crippen molar-refractivity contribution in [3.05, 3.63) is 23.0 Å². The fourth-order valence-corrected chi connectivity index (χ4v) is 1.97. The molecule has 1 rings (SSSR count). The van der Waals surface area contributed by atoms with E-state index in [9.17, 15) is 9.90 Å². The van der Waals surface area contributed by atoms with Crippen LogP contribution < -0.4 is 0 Å². The van der Waals surface area contributed by atoms with Crippen LogP contribution in [0.25, 0.3) is 0 Å². The lowest BCUT2D eigenvalue weighted by Gasteiger charge is -2.24. The van der Waals surface area contributed by atoms with Crippen molar-refractivity contribution in [3.8, 4) is 0 Å². The number of rotatable bonds is 4. The van der Waals surface area contributed by atoms with E-state index < -0.39 is 11.6 Å². The average Bonchev–Trinajstić information content (AvgIpc) is 2.56. The van der Waals surface area contributed by atoms with Crippen LogP contribution in [0.5, 0.6) is 0 Å². The van der Waals surface area contributed by atoms with Gasteiger partial charge in [-0.2, -0.15) is 0 Å². The van der Waals surface area contributed by atoms with Crippen LogP contribution in [0.15, 0.2) is 6.07 Å². The molecule has 0 aliphatic rings. The van der Waals surface area contributed by atoms with Gasteiger partial charge in [-0.1, -0.05) is 6.92 Å². The standard InChI is InChI=1S/C13H21NO3/c1-6-13(16,12(15)17-7-2)11-8-9(3)14(5)10(11)4/h8,16H,6-7H2,1-5H3. The zero-order valence-electron chi connectivity index (χ0n) is 11.2. The van der Waals surface area contributed by atoms with Gasteiger partial charge in [0.25, 0.3) is 0 Å². The van der Waals surface area contributed by atoms with Crippen molar-refractivity contribution in [1.82, 2.24) is 4.57 Å². The summed E-state index contributed by atoms with van der Waals surface area (Å²) in [6.45, 7) is 7.61. The van der Waals surface area contributed by atoms with E-state index in [-0.39, 0.29) is 6.61 Å². The Morgan fingerprint density at radius 1 is 1.47 bits per heavy atom. The number of carbonyl (C=O) groups excluding carboxylic acids is 1. The second kappa shape index (κ2) is 4.92. The quantitative estimate of drug-likeness (QED) is 0.815. The Morgan fingerprint density at radius 3 is 2.41 bits per heavy atom. The summed E-state index contributed by atoms with van der Waals surface area (Å²) in [6.07, 6.45) is 0.302. The minimum absolute atomic E-state index is 0.270. The molecular weight excluding hydrogens is 218 g/mol. The molecule has 0 saturated carbocycles. The fourth-order valence-electron chi connectivity index (χ4n) is 1.97. The molecule has 0 amide bonds. The summed E-state index contributed by atoms with van der Waals surface area (Å²) in [4.78, 5) is 11.9. The summed E-state index contributed by atoms with van der Waals surface area (Å²) in [5.74, 6) is -0.573. The number of carbonyl (C=O) groups is 1. The highest BCUT2D eigenvalue weighted by atomic mass is 16.5. The first-order valence-electron chi connectivity index (χ1n) is 5.91. The summed E-state index contributed by atoms with van der Waals surface area (Å²) in [5, 5.41) is 10.5. The van der Waals surface area contributed by atoms with Gasteiger partial charge in [0.2, 0.25) is 0 Å². The van der Waals surface area contributed by atoms with E-state index >= 15 is 0 Å². The van der Waals surface area contributed by atoms with Crippen molar-refractivity contribution in [1.29, 1.82) is 0 Å². The Morgan fingerprint density at radius 2 is 2.06 bits per heavy atom. The van der Waals surface area contributed by atoms with Crippen LogP contribution in [0.3, 0.4) is 0 Å². The van der Waals surface area contributed by atoms with Crippen LogP contribution in [0, 0.1) is 13.8 Å². The van der Waals surface area contributed by atoms with Crippen molar-refractivity contribution < 1.29 is 14.6 Å². The smallest absolute Gasteiger partial charge is 0.342 e. The van der Waals surface area contributed by atoms with Crippen LogP contribution in [0.2, 0.25) is 0 Å². The second-order valence-corrected chi connectivity index (χ2v) is 4.28. The van der Waals surface area contributed by atoms with Gasteiger partial charge in [-0.25, -0.2) is 4.79 Å². The zero-order valence-corrected chi connectivity index (χ0v) is 11.2. The van der Waals surface area contributed by atoms with Crippen LogP contribution >= 0.6 is 0 Å². The van der Waals surface area contributed by atoms with Crippen LogP contribution in [-0.2, 0) is 22.2 Å². The van der Waals surface area contributed by atoms with Gasteiger partial charge in [0, 0.05) is 24.0 Å². The number of hydrogen-bond donors (Lipinski definition) is 1. The Hall–Kier alpha value is -1.29. The molecule has 1 aromatic heterocycles. The first-order chi connectivity index (χ1) is 7.88. The largest absolute Gasteiger partial charge is 0.464 e. The van der Waals surface area contributed by atoms with Gasteiger partial charge < -0.3 is 14.4 Å². The monoisotopic (exact) mass is 239 g/mol. The summed E-state index contributed by atoms with van der Waals surface area (Å²) in [6, 6.07) is 1.84. The third-order valence-electron chi connectivity index (χ3n) is 3.35. The van der Waals surface area contributed by atoms with E-state index in [1.807, 2.05) is 31.5 Å². The molecule has 0 spiro atoms. The Labute approximate surface area is 102 Å². The third kappa shape index (κ3) is 2.22. The lowest BCUT2D eigenvalue weighted by molar-refractivity contribution is -0.166. The minimum atomic E-state index is -1.54.